The van der Waals surface area contributed by atoms with Gasteiger partial charge in [0.25, 0.3) is 0 Å². The van der Waals surface area contributed by atoms with Gasteiger partial charge in [0, 0.05) is 5.92 Å². The molecule has 0 aromatic rings. The largest absolute Gasteiger partial charge is 0.389 e. The summed E-state index contributed by atoms with van der Waals surface area (Å²) < 4.78 is 5.26. The fourth-order valence-corrected chi connectivity index (χ4v) is 1.39. The SMILES string of the molecule is CC[C@H]1O[C@@H](N)[C@H](O)[C@@H]1C. The molecule has 0 bridgehead atoms. The zero-order valence-corrected chi connectivity index (χ0v) is 6.45. The van der Waals surface area contributed by atoms with Crippen LogP contribution in [0.25, 0.3) is 0 Å². The standard InChI is InChI=1S/C7H15NO2/c1-3-5-4(2)6(9)7(8)10-5/h4-7,9H,3,8H2,1-2H3/t4-,5-,6-,7-/m1/s1. The third kappa shape index (κ3) is 1.17. The van der Waals surface area contributed by atoms with E-state index in [1.807, 2.05) is 13.8 Å². The van der Waals surface area contributed by atoms with Crippen molar-refractivity contribution in [1.82, 2.24) is 0 Å². The molecule has 3 heteroatoms. The van der Waals surface area contributed by atoms with Crippen LogP contribution < -0.4 is 5.73 Å². The summed E-state index contributed by atoms with van der Waals surface area (Å²) in [4.78, 5) is 0. The number of nitrogens with two attached hydrogens (primary N) is 1. The molecule has 1 saturated heterocycles. The molecule has 0 saturated carbocycles. The second-order valence-corrected chi connectivity index (χ2v) is 2.90. The molecular formula is C7H15NO2. The average Bonchev–Trinajstić information content (AvgIpc) is 2.17. The first kappa shape index (κ1) is 7.98. The maximum absolute atomic E-state index is 9.32. The van der Waals surface area contributed by atoms with Gasteiger partial charge in [-0.3, -0.25) is 0 Å². The molecule has 0 aromatic heterocycles. The molecule has 3 nitrogen and oxygen atoms in total. The highest BCUT2D eigenvalue weighted by Crippen LogP contribution is 2.25. The lowest BCUT2D eigenvalue weighted by molar-refractivity contribution is 0.0134. The Morgan fingerprint density at radius 1 is 1.60 bits per heavy atom. The fourth-order valence-electron chi connectivity index (χ4n) is 1.39. The first-order chi connectivity index (χ1) is 4.66. The molecule has 0 radical (unpaired) electrons. The van der Waals surface area contributed by atoms with E-state index >= 15 is 0 Å². The predicted molar refractivity (Wildman–Crippen MR) is 38.3 cm³/mol. The maximum Gasteiger partial charge on any atom is 0.132 e. The Kier molecular flexibility index (Phi) is 2.28. The van der Waals surface area contributed by atoms with Gasteiger partial charge in [0.05, 0.1) is 12.2 Å². The topological polar surface area (TPSA) is 55.5 Å². The van der Waals surface area contributed by atoms with Gasteiger partial charge >= 0.3 is 0 Å². The van der Waals surface area contributed by atoms with Gasteiger partial charge in [-0.25, -0.2) is 0 Å². The van der Waals surface area contributed by atoms with Gasteiger partial charge in [-0.1, -0.05) is 13.8 Å². The molecule has 1 heterocycles. The van der Waals surface area contributed by atoms with Crippen molar-refractivity contribution in [3.8, 4) is 0 Å². The summed E-state index contributed by atoms with van der Waals surface area (Å²) >= 11 is 0. The second-order valence-electron chi connectivity index (χ2n) is 2.90. The molecule has 1 rings (SSSR count). The lowest BCUT2D eigenvalue weighted by Gasteiger charge is -2.11. The number of aliphatic hydroxyl groups is 1. The van der Waals surface area contributed by atoms with Gasteiger partial charge in [-0.2, -0.15) is 0 Å². The normalized spacial score (nSPS) is 48.0. The Labute approximate surface area is 61.2 Å². The van der Waals surface area contributed by atoms with Crippen molar-refractivity contribution in [2.24, 2.45) is 11.7 Å². The Balaban J connectivity index is 2.53. The third-order valence-corrected chi connectivity index (χ3v) is 2.20. The summed E-state index contributed by atoms with van der Waals surface area (Å²) in [6.07, 6.45) is 0.112. The van der Waals surface area contributed by atoms with E-state index in [4.69, 9.17) is 10.5 Å². The first-order valence-electron chi connectivity index (χ1n) is 3.76. The van der Waals surface area contributed by atoms with Crippen LogP contribution in [0.2, 0.25) is 0 Å². The summed E-state index contributed by atoms with van der Waals surface area (Å²) in [6, 6.07) is 0. The van der Waals surface area contributed by atoms with E-state index in [0.29, 0.717) is 0 Å². The maximum atomic E-state index is 9.32. The van der Waals surface area contributed by atoms with Crippen LogP contribution in [0.4, 0.5) is 0 Å². The first-order valence-corrected chi connectivity index (χ1v) is 3.76. The van der Waals surface area contributed by atoms with E-state index in [0.717, 1.165) is 6.42 Å². The van der Waals surface area contributed by atoms with Crippen molar-refractivity contribution >= 4 is 0 Å². The molecule has 0 aromatic carbocycles. The monoisotopic (exact) mass is 145 g/mol. The van der Waals surface area contributed by atoms with Gasteiger partial charge in [0.1, 0.15) is 6.23 Å². The Bertz CT molecular complexity index is 118. The number of hydrogen-bond donors (Lipinski definition) is 2. The Morgan fingerprint density at radius 2 is 2.20 bits per heavy atom. The average molecular weight is 145 g/mol. The van der Waals surface area contributed by atoms with Crippen LogP contribution in [0.3, 0.4) is 0 Å². The van der Waals surface area contributed by atoms with Crippen LogP contribution in [0.5, 0.6) is 0 Å². The minimum absolute atomic E-state index is 0.144. The molecule has 3 N–H and O–H groups in total. The lowest BCUT2D eigenvalue weighted by atomic mass is 9.99. The minimum Gasteiger partial charge on any atom is -0.389 e. The van der Waals surface area contributed by atoms with Crippen LogP contribution in [-0.2, 0) is 4.74 Å². The minimum atomic E-state index is -0.482. The van der Waals surface area contributed by atoms with E-state index in [9.17, 15) is 5.11 Å². The number of ether oxygens (including phenoxy) is 1. The van der Waals surface area contributed by atoms with Crippen molar-refractivity contribution in [1.29, 1.82) is 0 Å². The molecule has 0 spiro atoms. The molecule has 1 fully saturated rings. The van der Waals surface area contributed by atoms with Crippen molar-refractivity contribution in [3.63, 3.8) is 0 Å². The number of hydrogen-bond acceptors (Lipinski definition) is 3. The highest BCUT2D eigenvalue weighted by molar-refractivity contribution is 4.83. The molecule has 10 heavy (non-hydrogen) atoms. The van der Waals surface area contributed by atoms with Crippen LogP contribution >= 0.6 is 0 Å². The number of aliphatic hydroxyl groups excluding tert-OH is 1. The predicted octanol–water partition coefficient (Wildman–Crippen LogP) is 0.0770. The van der Waals surface area contributed by atoms with E-state index in [-0.39, 0.29) is 12.0 Å². The van der Waals surface area contributed by atoms with Gasteiger partial charge in [-0.05, 0) is 6.42 Å². The second kappa shape index (κ2) is 2.86. The Morgan fingerprint density at radius 3 is 2.40 bits per heavy atom. The van der Waals surface area contributed by atoms with Crippen molar-refractivity contribution in [2.45, 2.75) is 38.7 Å². The van der Waals surface area contributed by atoms with Crippen LogP contribution in [0.1, 0.15) is 20.3 Å². The van der Waals surface area contributed by atoms with E-state index in [1.165, 1.54) is 0 Å². The molecular weight excluding hydrogens is 130 g/mol. The zero-order valence-electron chi connectivity index (χ0n) is 6.45. The summed E-state index contributed by atoms with van der Waals surface area (Å²) in [5.74, 6) is 0.181. The van der Waals surface area contributed by atoms with Gasteiger partial charge in [0.2, 0.25) is 0 Å². The summed E-state index contributed by atoms with van der Waals surface area (Å²) in [6.45, 7) is 4.00. The van der Waals surface area contributed by atoms with Crippen LogP contribution in [0, 0.1) is 5.92 Å². The Hall–Kier alpha value is -0.120. The molecule has 1 aliphatic heterocycles. The highest BCUT2D eigenvalue weighted by Gasteiger charge is 2.37. The molecule has 0 amide bonds. The van der Waals surface area contributed by atoms with Gasteiger partial charge in [-0.15, -0.1) is 0 Å². The molecule has 0 unspecified atom stereocenters. The summed E-state index contributed by atoms with van der Waals surface area (Å²) in [5.41, 5.74) is 5.46. The van der Waals surface area contributed by atoms with Gasteiger partial charge < -0.3 is 15.6 Å². The fraction of sp³-hybridized carbons (Fsp3) is 1.00. The van der Waals surface area contributed by atoms with Crippen molar-refractivity contribution in [2.75, 3.05) is 0 Å². The van der Waals surface area contributed by atoms with Crippen molar-refractivity contribution in [3.05, 3.63) is 0 Å². The van der Waals surface area contributed by atoms with E-state index < -0.39 is 12.3 Å². The lowest BCUT2D eigenvalue weighted by Crippen LogP contribution is -2.32. The summed E-state index contributed by atoms with van der Waals surface area (Å²) in [5, 5.41) is 9.32. The molecule has 0 aliphatic carbocycles. The number of rotatable bonds is 1. The van der Waals surface area contributed by atoms with E-state index in [1.54, 1.807) is 0 Å². The molecule has 60 valence electrons. The molecule has 1 aliphatic rings. The van der Waals surface area contributed by atoms with E-state index in [2.05, 4.69) is 0 Å². The smallest absolute Gasteiger partial charge is 0.132 e. The van der Waals surface area contributed by atoms with Crippen LogP contribution in [0.15, 0.2) is 0 Å². The zero-order chi connectivity index (χ0) is 7.72. The highest BCUT2D eigenvalue weighted by atomic mass is 16.5. The van der Waals surface area contributed by atoms with Gasteiger partial charge in [0.15, 0.2) is 0 Å². The molecule has 4 atom stereocenters. The van der Waals surface area contributed by atoms with Crippen LogP contribution in [-0.4, -0.2) is 23.5 Å². The summed E-state index contributed by atoms with van der Waals surface area (Å²) in [7, 11) is 0. The van der Waals surface area contributed by atoms with Crippen molar-refractivity contribution < 1.29 is 9.84 Å². The third-order valence-electron chi connectivity index (χ3n) is 2.20. The quantitative estimate of drug-likeness (QED) is 0.549.